The highest BCUT2D eigenvalue weighted by atomic mass is 16.7. The minimum absolute atomic E-state index is 0.281. The molecule has 1 aromatic heterocycles. The predicted octanol–water partition coefficient (Wildman–Crippen LogP) is 3.59. The van der Waals surface area contributed by atoms with Gasteiger partial charge in [0.15, 0.2) is 11.5 Å². The van der Waals surface area contributed by atoms with Crippen molar-refractivity contribution in [3.8, 4) is 11.5 Å². The van der Waals surface area contributed by atoms with Crippen molar-refractivity contribution in [2.45, 2.75) is 13.0 Å². The third-order valence-electron chi connectivity index (χ3n) is 5.23. The van der Waals surface area contributed by atoms with Gasteiger partial charge in [-0.3, -0.25) is 0 Å². The van der Waals surface area contributed by atoms with E-state index in [1.165, 1.54) is 11.1 Å². The maximum atomic E-state index is 5.63. The summed E-state index contributed by atoms with van der Waals surface area (Å²) in [5.41, 5.74) is 3.99. The van der Waals surface area contributed by atoms with E-state index in [1.54, 1.807) is 0 Å². The standard InChI is InChI=1S/C21H21N3O2/c1-23(2)21-17-10-20-19(25-13-26-20)9-16(17)18(11-22-21)24-8-7-14-5-3-4-6-15(14)12-24/h3-6,9-11H,7-8,12-13H2,1-2H3. The van der Waals surface area contributed by atoms with Crippen LogP contribution in [0.1, 0.15) is 11.1 Å². The average Bonchev–Trinajstić information content (AvgIpc) is 3.12. The lowest BCUT2D eigenvalue weighted by Gasteiger charge is -2.32. The zero-order chi connectivity index (χ0) is 17.7. The number of pyridine rings is 1. The summed E-state index contributed by atoms with van der Waals surface area (Å²) in [6, 6.07) is 12.9. The average molecular weight is 347 g/mol. The molecule has 0 N–H and O–H groups in total. The van der Waals surface area contributed by atoms with E-state index in [1.807, 2.05) is 25.2 Å². The van der Waals surface area contributed by atoms with Crippen LogP contribution in [-0.2, 0) is 13.0 Å². The normalized spacial score (nSPS) is 15.2. The van der Waals surface area contributed by atoms with Gasteiger partial charge in [0, 0.05) is 38.0 Å². The van der Waals surface area contributed by atoms with Crippen LogP contribution >= 0.6 is 0 Å². The van der Waals surface area contributed by atoms with E-state index in [-0.39, 0.29) is 6.79 Å². The van der Waals surface area contributed by atoms with Crippen LogP contribution in [0.15, 0.2) is 42.6 Å². The van der Waals surface area contributed by atoms with E-state index in [4.69, 9.17) is 14.5 Å². The van der Waals surface area contributed by atoms with Crippen LogP contribution in [-0.4, -0.2) is 32.4 Å². The van der Waals surface area contributed by atoms with Gasteiger partial charge in [-0.1, -0.05) is 24.3 Å². The SMILES string of the molecule is CN(C)c1ncc(N2CCc3ccccc3C2)c2cc3c(cc12)OCO3. The molecule has 0 unspecified atom stereocenters. The van der Waals surface area contributed by atoms with Crippen LogP contribution in [0, 0.1) is 0 Å². The van der Waals surface area contributed by atoms with Crippen LogP contribution in [0.2, 0.25) is 0 Å². The van der Waals surface area contributed by atoms with Crippen LogP contribution in [0.25, 0.3) is 10.8 Å². The second-order valence-electron chi connectivity index (χ2n) is 7.05. The molecule has 5 nitrogen and oxygen atoms in total. The van der Waals surface area contributed by atoms with Gasteiger partial charge >= 0.3 is 0 Å². The van der Waals surface area contributed by atoms with Crippen molar-refractivity contribution in [2.75, 3.05) is 37.2 Å². The first kappa shape index (κ1) is 15.3. The molecule has 0 atom stereocenters. The molecule has 0 amide bonds. The van der Waals surface area contributed by atoms with Gasteiger partial charge in [0.25, 0.3) is 0 Å². The van der Waals surface area contributed by atoms with E-state index in [0.29, 0.717) is 0 Å². The first-order valence-electron chi connectivity index (χ1n) is 8.92. The molecule has 0 saturated heterocycles. The van der Waals surface area contributed by atoms with E-state index in [9.17, 15) is 0 Å². The van der Waals surface area contributed by atoms with Crippen molar-refractivity contribution in [3.05, 3.63) is 53.7 Å². The Morgan fingerprint density at radius 3 is 2.50 bits per heavy atom. The van der Waals surface area contributed by atoms with E-state index >= 15 is 0 Å². The quantitative estimate of drug-likeness (QED) is 0.708. The predicted molar refractivity (Wildman–Crippen MR) is 103 cm³/mol. The number of ether oxygens (including phenoxy) is 2. The molecule has 0 radical (unpaired) electrons. The van der Waals surface area contributed by atoms with Gasteiger partial charge in [0.1, 0.15) is 5.82 Å². The van der Waals surface area contributed by atoms with Gasteiger partial charge in [0.2, 0.25) is 6.79 Å². The number of nitrogens with zero attached hydrogens (tertiary/aromatic N) is 3. The summed E-state index contributed by atoms with van der Waals surface area (Å²) < 4.78 is 11.2. The number of benzene rings is 2. The summed E-state index contributed by atoms with van der Waals surface area (Å²) in [5, 5.41) is 2.25. The molecular formula is C21H21N3O2. The molecular weight excluding hydrogens is 326 g/mol. The van der Waals surface area contributed by atoms with E-state index in [2.05, 4.69) is 41.3 Å². The third-order valence-corrected chi connectivity index (χ3v) is 5.23. The number of aromatic nitrogens is 1. The van der Waals surface area contributed by atoms with E-state index < -0.39 is 0 Å². The zero-order valence-electron chi connectivity index (χ0n) is 15.0. The number of anilines is 2. The molecule has 0 spiro atoms. The fourth-order valence-corrected chi connectivity index (χ4v) is 3.91. The summed E-state index contributed by atoms with van der Waals surface area (Å²) >= 11 is 0. The fraction of sp³-hybridized carbons (Fsp3) is 0.286. The first-order chi connectivity index (χ1) is 12.7. The highest BCUT2D eigenvalue weighted by molar-refractivity contribution is 6.02. The van der Waals surface area contributed by atoms with Crippen molar-refractivity contribution < 1.29 is 9.47 Å². The molecule has 2 aliphatic heterocycles. The number of hydrogen-bond acceptors (Lipinski definition) is 5. The summed E-state index contributed by atoms with van der Waals surface area (Å²) in [6.45, 7) is 2.18. The lowest BCUT2D eigenvalue weighted by atomic mass is 9.98. The zero-order valence-corrected chi connectivity index (χ0v) is 15.0. The topological polar surface area (TPSA) is 37.8 Å². The monoisotopic (exact) mass is 347 g/mol. The molecule has 2 aliphatic rings. The molecule has 0 bridgehead atoms. The smallest absolute Gasteiger partial charge is 0.231 e. The second-order valence-corrected chi connectivity index (χ2v) is 7.05. The number of rotatable bonds is 2. The van der Waals surface area contributed by atoms with Crippen molar-refractivity contribution in [2.24, 2.45) is 0 Å². The van der Waals surface area contributed by atoms with Gasteiger partial charge in [0.05, 0.1) is 11.9 Å². The lowest BCUT2D eigenvalue weighted by Crippen LogP contribution is -2.30. The van der Waals surface area contributed by atoms with Gasteiger partial charge in [-0.15, -0.1) is 0 Å². The van der Waals surface area contributed by atoms with Crippen molar-refractivity contribution >= 4 is 22.3 Å². The number of fused-ring (bicyclic) bond motifs is 3. The minimum Gasteiger partial charge on any atom is -0.454 e. The Balaban J connectivity index is 1.66. The highest BCUT2D eigenvalue weighted by Gasteiger charge is 2.23. The van der Waals surface area contributed by atoms with Gasteiger partial charge in [-0.05, 0) is 29.7 Å². The van der Waals surface area contributed by atoms with Crippen molar-refractivity contribution in [1.29, 1.82) is 0 Å². The maximum absolute atomic E-state index is 5.63. The Morgan fingerprint density at radius 1 is 1.00 bits per heavy atom. The van der Waals surface area contributed by atoms with Crippen molar-refractivity contribution in [1.82, 2.24) is 4.98 Å². The lowest BCUT2D eigenvalue weighted by molar-refractivity contribution is 0.174. The van der Waals surface area contributed by atoms with Crippen LogP contribution in [0.5, 0.6) is 11.5 Å². The fourth-order valence-electron chi connectivity index (χ4n) is 3.91. The van der Waals surface area contributed by atoms with Crippen molar-refractivity contribution in [3.63, 3.8) is 0 Å². The van der Waals surface area contributed by atoms with Crippen LogP contribution in [0.4, 0.5) is 11.5 Å². The summed E-state index contributed by atoms with van der Waals surface area (Å²) in [7, 11) is 4.03. The highest BCUT2D eigenvalue weighted by Crippen LogP contribution is 2.42. The molecule has 26 heavy (non-hydrogen) atoms. The van der Waals surface area contributed by atoms with Crippen LogP contribution in [0.3, 0.4) is 0 Å². The first-order valence-corrected chi connectivity index (χ1v) is 8.92. The summed E-state index contributed by atoms with van der Waals surface area (Å²) in [6.07, 6.45) is 3.05. The molecule has 3 aromatic rings. The molecule has 0 fully saturated rings. The maximum Gasteiger partial charge on any atom is 0.231 e. The molecule has 5 heteroatoms. The Kier molecular flexibility index (Phi) is 3.42. The molecule has 0 saturated carbocycles. The molecule has 2 aromatic carbocycles. The Hall–Kier alpha value is -2.95. The third kappa shape index (κ3) is 2.35. The molecule has 132 valence electrons. The minimum atomic E-state index is 0.281. The Morgan fingerprint density at radius 2 is 1.73 bits per heavy atom. The van der Waals surface area contributed by atoms with E-state index in [0.717, 1.165) is 53.3 Å². The summed E-state index contributed by atoms with van der Waals surface area (Å²) in [5.74, 6) is 2.55. The largest absolute Gasteiger partial charge is 0.454 e. The van der Waals surface area contributed by atoms with Gasteiger partial charge in [-0.25, -0.2) is 4.98 Å². The Labute approximate surface area is 152 Å². The van der Waals surface area contributed by atoms with Crippen LogP contribution < -0.4 is 19.3 Å². The van der Waals surface area contributed by atoms with Gasteiger partial charge in [-0.2, -0.15) is 0 Å². The van der Waals surface area contributed by atoms with Gasteiger partial charge < -0.3 is 19.3 Å². The molecule has 5 rings (SSSR count). The molecule has 0 aliphatic carbocycles. The molecule has 3 heterocycles. The second kappa shape index (κ2) is 5.80. The number of hydrogen-bond donors (Lipinski definition) is 0. The summed E-state index contributed by atoms with van der Waals surface area (Å²) in [4.78, 5) is 9.21. The Bertz CT molecular complexity index is 1000.